The van der Waals surface area contributed by atoms with Crippen LogP contribution in [0.1, 0.15) is 52.7 Å². The van der Waals surface area contributed by atoms with Crippen molar-refractivity contribution in [3.63, 3.8) is 0 Å². The summed E-state index contributed by atoms with van der Waals surface area (Å²) >= 11 is 0. The molecule has 2 fully saturated rings. The summed E-state index contributed by atoms with van der Waals surface area (Å²) in [6, 6.07) is 19.3. The van der Waals surface area contributed by atoms with Gasteiger partial charge in [-0.1, -0.05) is 42.0 Å². The molecule has 2 aliphatic rings. The van der Waals surface area contributed by atoms with E-state index in [9.17, 15) is 10.1 Å². The van der Waals surface area contributed by atoms with Crippen molar-refractivity contribution in [2.45, 2.75) is 51.2 Å². The van der Waals surface area contributed by atoms with Crippen LogP contribution in [0.5, 0.6) is 0 Å². The Morgan fingerprint density at radius 3 is 2.46 bits per heavy atom. The maximum atomic E-state index is 13.1. The predicted molar refractivity (Wildman–Crippen MR) is 102 cm³/mol. The molecular weight excluding hydrogens is 320 g/mol. The fourth-order valence-corrected chi connectivity index (χ4v) is 4.72. The highest BCUT2D eigenvalue weighted by atomic mass is 16.1. The molecule has 2 aromatic carbocycles. The lowest BCUT2D eigenvalue weighted by molar-refractivity contribution is 0.0678. The Kier molecular flexibility index (Phi) is 4.61. The summed E-state index contributed by atoms with van der Waals surface area (Å²) in [7, 11) is 0. The number of Topliss-reactive ketones (excluding diaryl/α,β-unsaturated/α-hetero) is 1. The number of aryl methyl sites for hydroxylation is 1. The first-order valence-corrected chi connectivity index (χ1v) is 9.50. The topological polar surface area (TPSA) is 44.1 Å². The Hall–Kier alpha value is -2.44. The van der Waals surface area contributed by atoms with Crippen LogP contribution in [0.15, 0.2) is 48.5 Å². The molecule has 2 bridgehead atoms. The maximum Gasteiger partial charge on any atom is 0.167 e. The Balaban J connectivity index is 1.51. The molecule has 3 heteroatoms. The summed E-state index contributed by atoms with van der Waals surface area (Å²) in [6.45, 7) is 2.95. The highest BCUT2D eigenvalue weighted by Crippen LogP contribution is 2.41. The zero-order chi connectivity index (χ0) is 18.1. The summed E-state index contributed by atoms with van der Waals surface area (Å²) in [5.41, 5.74) is 3.52. The number of hydrogen-bond acceptors (Lipinski definition) is 3. The van der Waals surface area contributed by atoms with Gasteiger partial charge in [0.25, 0.3) is 0 Å². The van der Waals surface area contributed by atoms with Crippen molar-refractivity contribution in [3.8, 4) is 6.07 Å². The minimum Gasteiger partial charge on any atom is -0.294 e. The lowest BCUT2D eigenvalue weighted by Crippen LogP contribution is -2.44. The molecular formula is C23H24N2O. The number of fused-ring (bicyclic) bond motifs is 2. The van der Waals surface area contributed by atoms with Crippen molar-refractivity contribution in [1.29, 1.82) is 5.26 Å². The molecule has 0 radical (unpaired) electrons. The van der Waals surface area contributed by atoms with Crippen LogP contribution in [0, 0.1) is 24.2 Å². The molecule has 132 valence electrons. The van der Waals surface area contributed by atoms with E-state index in [1.165, 1.54) is 18.4 Å². The third-order valence-corrected chi connectivity index (χ3v) is 6.02. The van der Waals surface area contributed by atoms with Crippen LogP contribution in [-0.2, 0) is 6.54 Å². The van der Waals surface area contributed by atoms with Crippen LogP contribution in [-0.4, -0.2) is 22.8 Å². The zero-order valence-corrected chi connectivity index (χ0v) is 15.2. The molecule has 0 saturated carbocycles. The van der Waals surface area contributed by atoms with E-state index in [1.54, 1.807) is 6.07 Å². The lowest BCUT2D eigenvalue weighted by Gasteiger charge is -2.38. The number of benzene rings is 2. The highest BCUT2D eigenvalue weighted by molar-refractivity contribution is 6.00. The second-order valence-corrected chi connectivity index (χ2v) is 7.74. The highest BCUT2D eigenvalue weighted by Gasteiger charge is 2.43. The first-order valence-electron chi connectivity index (χ1n) is 9.50. The summed E-state index contributed by atoms with van der Waals surface area (Å²) in [5.74, 6) is 0.218. The summed E-state index contributed by atoms with van der Waals surface area (Å²) in [5, 5.41) is 9.37. The van der Waals surface area contributed by atoms with Crippen molar-refractivity contribution in [3.05, 3.63) is 70.8 Å². The van der Waals surface area contributed by atoms with E-state index in [0.29, 0.717) is 23.2 Å². The number of hydrogen-bond donors (Lipinski definition) is 0. The number of carbonyl (C=O) groups is 1. The van der Waals surface area contributed by atoms with Gasteiger partial charge < -0.3 is 0 Å². The standard InChI is InChI=1S/C23H24N2O/c1-16-7-8-18(14-24)22(11-16)23(26)19-12-20-9-10-21(13-19)25(20)15-17-5-3-2-4-6-17/h2-8,11,19-21H,9-10,12-13,15H2,1H3. The first kappa shape index (κ1) is 17.0. The maximum absolute atomic E-state index is 13.1. The van der Waals surface area contributed by atoms with Gasteiger partial charge in [0.15, 0.2) is 5.78 Å². The lowest BCUT2D eigenvalue weighted by atomic mass is 9.83. The van der Waals surface area contributed by atoms with E-state index in [1.807, 2.05) is 19.1 Å². The van der Waals surface area contributed by atoms with Crippen LogP contribution in [0.3, 0.4) is 0 Å². The van der Waals surface area contributed by atoms with Gasteiger partial charge in [-0.3, -0.25) is 9.69 Å². The van der Waals surface area contributed by atoms with Gasteiger partial charge in [-0.2, -0.15) is 5.26 Å². The number of nitriles is 1. The van der Waals surface area contributed by atoms with Crippen molar-refractivity contribution in [1.82, 2.24) is 4.90 Å². The SMILES string of the molecule is Cc1ccc(C#N)c(C(=O)C2CC3CCC(C2)N3Cc2ccccc2)c1. The van der Waals surface area contributed by atoms with Crippen molar-refractivity contribution in [2.75, 3.05) is 0 Å². The molecule has 2 aliphatic heterocycles. The quantitative estimate of drug-likeness (QED) is 0.768. The fraction of sp³-hybridized carbons (Fsp3) is 0.391. The summed E-state index contributed by atoms with van der Waals surface area (Å²) in [6.07, 6.45) is 4.20. The van der Waals surface area contributed by atoms with E-state index >= 15 is 0 Å². The van der Waals surface area contributed by atoms with E-state index in [-0.39, 0.29) is 11.7 Å². The minimum absolute atomic E-state index is 0.0495. The van der Waals surface area contributed by atoms with Gasteiger partial charge in [0.05, 0.1) is 11.6 Å². The Labute approximate surface area is 155 Å². The van der Waals surface area contributed by atoms with Gasteiger partial charge >= 0.3 is 0 Å². The van der Waals surface area contributed by atoms with Crippen LogP contribution >= 0.6 is 0 Å². The molecule has 2 aromatic rings. The smallest absolute Gasteiger partial charge is 0.167 e. The number of piperidine rings is 1. The molecule has 0 spiro atoms. The molecule has 2 unspecified atom stereocenters. The molecule has 2 atom stereocenters. The van der Waals surface area contributed by atoms with Crippen molar-refractivity contribution >= 4 is 5.78 Å². The molecule has 0 aliphatic carbocycles. The van der Waals surface area contributed by atoms with Gasteiger partial charge in [-0.15, -0.1) is 0 Å². The van der Waals surface area contributed by atoms with Gasteiger partial charge in [-0.05, 0) is 50.3 Å². The molecule has 2 heterocycles. The zero-order valence-electron chi connectivity index (χ0n) is 15.2. The largest absolute Gasteiger partial charge is 0.294 e. The van der Waals surface area contributed by atoms with Gasteiger partial charge in [0.1, 0.15) is 0 Å². The van der Waals surface area contributed by atoms with Crippen LogP contribution in [0.2, 0.25) is 0 Å². The molecule has 3 nitrogen and oxygen atoms in total. The monoisotopic (exact) mass is 344 g/mol. The molecule has 26 heavy (non-hydrogen) atoms. The molecule has 4 rings (SSSR count). The number of ketones is 1. The first-order chi connectivity index (χ1) is 12.7. The molecule has 0 amide bonds. The second kappa shape index (κ2) is 7.05. The number of carbonyl (C=O) groups excluding carboxylic acids is 1. The van der Waals surface area contributed by atoms with Crippen LogP contribution < -0.4 is 0 Å². The second-order valence-electron chi connectivity index (χ2n) is 7.74. The predicted octanol–water partition coefficient (Wildman–Crippen LogP) is 4.49. The van der Waals surface area contributed by atoms with E-state index in [0.717, 1.165) is 24.9 Å². The van der Waals surface area contributed by atoms with E-state index in [4.69, 9.17) is 0 Å². The minimum atomic E-state index is 0.0495. The third-order valence-electron chi connectivity index (χ3n) is 6.02. The van der Waals surface area contributed by atoms with Crippen LogP contribution in [0.4, 0.5) is 0 Å². The Morgan fingerprint density at radius 2 is 1.81 bits per heavy atom. The van der Waals surface area contributed by atoms with E-state index < -0.39 is 0 Å². The molecule has 2 saturated heterocycles. The Morgan fingerprint density at radius 1 is 1.12 bits per heavy atom. The van der Waals surface area contributed by atoms with Crippen molar-refractivity contribution in [2.24, 2.45) is 5.92 Å². The average Bonchev–Trinajstić information content (AvgIpc) is 2.90. The molecule has 0 N–H and O–H groups in total. The van der Waals surface area contributed by atoms with E-state index in [2.05, 4.69) is 41.3 Å². The van der Waals surface area contributed by atoms with Crippen LogP contribution in [0.25, 0.3) is 0 Å². The number of rotatable bonds is 4. The normalized spacial score (nSPS) is 25.0. The molecule has 0 aromatic heterocycles. The van der Waals surface area contributed by atoms with Gasteiger partial charge in [0, 0.05) is 30.1 Å². The van der Waals surface area contributed by atoms with Crippen molar-refractivity contribution < 1.29 is 4.79 Å². The fourth-order valence-electron chi connectivity index (χ4n) is 4.72. The average molecular weight is 344 g/mol. The summed E-state index contributed by atoms with van der Waals surface area (Å²) < 4.78 is 0. The third kappa shape index (κ3) is 3.18. The van der Waals surface area contributed by atoms with Gasteiger partial charge in [0.2, 0.25) is 0 Å². The Bertz CT molecular complexity index is 838. The van der Waals surface area contributed by atoms with Gasteiger partial charge in [-0.25, -0.2) is 0 Å². The number of nitrogens with zero attached hydrogens (tertiary/aromatic N) is 2. The summed E-state index contributed by atoms with van der Waals surface area (Å²) in [4.78, 5) is 15.7.